The minimum absolute atomic E-state index is 0.205. The summed E-state index contributed by atoms with van der Waals surface area (Å²) in [5.41, 5.74) is 4.14. The molecule has 2 aromatic rings. The van der Waals surface area contributed by atoms with Crippen LogP contribution in [0.3, 0.4) is 0 Å². The summed E-state index contributed by atoms with van der Waals surface area (Å²) in [5, 5.41) is 0. The number of imide groups is 1. The predicted octanol–water partition coefficient (Wildman–Crippen LogP) is 3.31. The van der Waals surface area contributed by atoms with E-state index >= 15 is 0 Å². The highest BCUT2D eigenvalue weighted by Crippen LogP contribution is 2.37. The number of carbonyl (C=O) groups is 3. The van der Waals surface area contributed by atoms with E-state index in [1.54, 1.807) is 26.1 Å². The number of ether oxygens (including phenoxy) is 1. The van der Waals surface area contributed by atoms with E-state index in [9.17, 15) is 14.4 Å². The highest BCUT2D eigenvalue weighted by Gasteiger charge is 2.54. The van der Waals surface area contributed by atoms with Crippen LogP contribution in [0.1, 0.15) is 35.3 Å². The number of aliphatic imine (C=N–C) groups is 1. The number of guanidine groups is 1. The summed E-state index contributed by atoms with van der Waals surface area (Å²) in [5.74, 6) is -0.0782. The Morgan fingerprint density at radius 2 is 1.71 bits per heavy atom. The summed E-state index contributed by atoms with van der Waals surface area (Å²) in [6.07, 6.45) is 1.26. The van der Waals surface area contributed by atoms with Crippen molar-refractivity contribution >= 4 is 29.6 Å². The lowest BCUT2D eigenvalue weighted by molar-refractivity contribution is -0.137. The van der Waals surface area contributed by atoms with Crippen molar-refractivity contribution in [2.45, 2.75) is 39.5 Å². The van der Waals surface area contributed by atoms with Gasteiger partial charge < -0.3 is 14.5 Å². The molecular formula is C26H27N5O4. The Balaban J connectivity index is 1.41. The number of esters is 1. The van der Waals surface area contributed by atoms with Gasteiger partial charge in [0.05, 0.1) is 18.7 Å². The number of likely N-dealkylation sites (N-methyl/N-ethyl adjacent to an activating group) is 1. The number of anilines is 1. The fourth-order valence-electron chi connectivity index (χ4n) is 4.66. The molecule has 0 aromatic heterocycles. The molecule has 0 radical (unpaired) electrons. The Morgan fingerprint density at radius 3 is 2.37 bits per heavy atom. The highest BCUT2D eigenvalue weighted by atomic mass is 16.5. The van der Waals surface area contributed by atoms with Crippen molar-refractivity contribution in [3.05, 3.63) is 77.1 Å². The zero-order valence-electron chi connectivity index (χ0n) is 20.1. The van der Waals surface area contributed by atoms with Crippen LogP contribution in [0.25, 0.3) is 0 Å². The second-order valence-electron chi connectivity index (χ2n) is 8.87. The van der Waals surface area contributed by atoms with Gasteiger partial charge in [-0.2, -0.15) is 0 Å². The molecule has 0 N–H and O–H groups in total. The van der Waals surface area contributed by atoms with E-state index in [0.29, 0.717) is 18.1 Å². The smallest absolute Gasteiger partial charge is 0.338 e. The number of carbonyl (C=O) groups excluding carboxylic acids is 3. The molecule has 3 aliphatic rings. The summed E-state index contributed by atoms with van der Waals surface area (Å²) in [7, 11) is 1.68. The summed E-state index contributed by atoms with van der Waals surface area (Å²) < 4.78 is 5.06. The molecule has 35 heavy (non-hydrogen) atoms. The molecule has 3 amide bonds. The van der Waals surface area contributed by atoms with Gasteiger partial charge in [0.2, 0.25) is 5.96 Å². The Hall–Kier alpha value is -4.14. The summed E-state index contributed by atoms with van der Waals surface area (Å²) in [4.78, 5) is 50.1. The van der Waals surface area contributed by atoms with Crippen molar-refractivity contribution in [2.75, 3.05) is 18.6 Å². The molecule has 9 heteroatoms. The first-order valence-electron chi connectivity index (χ1n) is 11.6. The molecule has 1 fully saturated rings. The number of amides is 3. The standard InChI is InChI=1S/C26H27N5O4/c1-5-35-24(33)19-10-12-20(13-11-19)31-17(3)14-29-21-22(27-25(29)31)28(4)26(34)30(23(21)32)15-18-8-6-16(2)7-9-18/h6-14,21-22H,5,15H2,1-4H3. The fourth-order valence-corrected chi connectivity index (χ4v) is 4.66. The van der Waals surface area contributed by atoms with E-state index < -0.39 is 12.2 Å². The monoisotopic (exact) mass is 473 g/mol. The third kappa shape index (κ3) is 3.73. The number of urea groups is 1. The number of nitrogens with zero attached hydrogens (tertiary/aromatic N) is 5. The Bertz CT molecular complexity index is 1250. The lowest BCUT2D eigenvalue weighted by Gasteiger charge is -2.40. The average molecular weight is 474 g/mol. The first-order chi connectivity index (χ1) is 16.8. The van der Waals surface area contributed by atoms with Gasteiger partial charge in [-0.25, -0.2) is 14.6 Å². The van der Waals surface area contributed by atoms with Crippen LogP contribution in [0, 0.1) is 6.92 Å². The topological polar surface area (TPSA) is 85.8 Å². The van der Waals surface area contributed by atoms with Crippen molar-refractivity contribution in [3.8, 4) is 0 Å². The van der Waals surface area contributed by atoms with Crippen LogP contribution in [0.2, 0.25) is 0 Å². The zero-order valence-corrected chi connectivity index (χ0v) is 20.1. The maximum Gasteiger partial charge on any atom is 0.338 e. The molecule has 5 rings (SSSR count). The van der Waals surface area contributed by atoms with Crippen LogP contribution in [-0.2, 0) is 16.1 Å². The van der Waals surface area contributed by atoms with Crippen LogP contribution in [-0.4, -0.2) is 64.4 Å². The molecule has 1 saturated heterocycles. The minimum atomic E-state index is -0.642. The van der Waals surface area contributed by atoms with Gasteiger partial charge in [-0.3, -0.25) is 14.6 Å². The van der Waals surface area contributed by atoms with Gasteiger partial charge in [0.1, 0.15) is 0 Å². The van der Waals surface area contributed by atoms with E-state index in [-0.39, 0.29) is 24.5 Å². The number of hydrogen-bond acceptors (Lipinski definition) is 7. The van der Waals surface area contributed by atoms with Crippen LogP contribution in [0.15, 0.2) is 65.4 Å². The molecule has 2 aromatic carbocycles. The molecule has 9 nitrogen and oxygen atoms in total. The first kappa shape index (κ1) is 22.6. The summed E-state index contributed by atoms with van der Waals surface area (Å²) in [6.45, 7) is 6.21. The van der Waals surface area contributed by atoms with Gasteiger partial charge in [0.15, 0.2) is 12.2 Å². The van der Waals surface area contributed by atoms with Crippen molar-refractivity contribution in [3.63, 3.8) is 0 Å². The third-order valence-corrected chi connectivity index (χ3v) is 6.49. The van der Waals surface area contributed by atoms with Crippen LogP contribution >= 0.6 is 0 Å². The molecular weight excluding hydrogens is 446 g/mol. The molecule has 3 heterocycles. The SMILES string of the molecule is CCOC(=O)c1ccc(N2C(C)=CN3C2=NC2C3C(=O)N(Cc3ccc(C)cc3)C(=O)N2C)cc1. The van der Waals surface area contributed by atoms with Crippen LogP contribution in [0.5, 0.6) is 0 Å². The lowest BCUT2D eigenvalue weighted by Crippen LogP contribution is -2.63. The Morgan fingerprint density at radius 1 is 1.03 bits per heavy atom. The van der Waals surface area contributed by atoms with Crippen molar-refractivity contribution in [2.24, 2.45) is 4.99 Å². The van der Waals surface area contributed by atoms with E-state index in [1.807, 2.05) is 66.2 Å². The summed E-state index contributed by atoms with van der Waals surface area (Å²) >= 11 is 0. The molecule has 2 unspecified atom stereocenters. The number of benzene rings is 2. The minimum Gasteiger partial charge on any atom is -0.462 e. The van der Waals surface area contributed by atoms with E-state index in [4.69, 9.17) is 9.73 Å². The number of aryl methyl sites for hydroxylation is 1. The average Bonchev–Trinajstić information content (AvgIpc) is 3.36. The Labute approximate surface area is 203 Å². The molecule has 0 saturated carbocycles. The second-order valence-corrected chi connectivity index (χ2v) is 8.87. The van der Waals surface area contributed by atoms with Gasteiger partial charge in [0.25, 0.3) is 5.91 Å². The predicted molar refractivity (Wildman–Crippen MR) is 130 cm³/mol. The molecule has 0 aliphatic carbocycles. The lowest BCUT2D eigenvalue weighted by atomic mass is 10.1. The summed E-state index contributed by atoms with van der Waals surface area (Å²) in [6, 6.07) is 13.8. The molecule has 3 aliphatic heterocycles. The maximum atomic E-state index is 13.6. The molecule has 0 spiro atoms. The van der Waals surface area contributed by atoms with Crippen molar-refractivity contribution in [1.29, 1.82) is 0 Å². The Kier molecular flexibility index (Phi) is 5.55. The van der Waals surface area contributed by atoms with Gasteiger partial charge in [0, 0.05) is 24.6 Å². The maximum absolute atomic E-state index is 13.6. The van der Waals surface area contributed by atoms with Gasteiger partial charge in [-0.1, -0.05) is 29.8 Å². The van der Waals surface area contributed by atoms with Crippen LogP contribution < -0.4 is 4.90 Å². The molecule has 0 bridgehead atoms. The highest BCUT2D eigenvalue weighted by molar-refractivity contribution is 6.10. The van der Waals surface area contributed by atoms with Crippen LogP contribution in [0.4, 0.5) is 10.5 Å². The van der Waals surface area contributed by atoms with Crippen molar-refractivity contribution in [1.82, 2.24) is 14.7 Å². The third-order valence-electron chi connectivity index (χ3n) is 6.49. The van der Waals surface area contributed by atoms with E-state index in [0.717, 1.165) is 22.5 Å². The normalized spacial score (nSPS) is 21.1. The van der Waals surface area contributed by atoms with E-state index in [2.05, 4.69) is 0 Å². The van der Waals surface area contributed by atoms with E-state index in [1.165, 1.54) is 9.80 Å². The second kappa shape index (κ2) is 8.57. The molecule has 180 valence electrons. The quantitative estimate of drug-likeness (QED) is 0.620. The first-order valence-corrected chi connectivity index (χ1v) is 11.6. The van der Waals surface area contributed by atoms with Crippen molar-refractivity contribution < 1.29 is 19.1 Å². The number of fused-ring (bicyclic) bond motifs is 3. The van der Waals surface area contributed by atoms with Gasteiger partial charge in [-0.15, -0.1) is 0 Å². The number of allylic oxidation sites excluding steroid dienone is 1. The zero-order chi connectivity index (χ0) is 24.9. The van der Waals surface area contributed by atoms with Gasteiger partial charge in [-0.05, 0) is 50.6 Å². The number of rotatable bonds is 5. The largest absolute Gasteiger partial charge is 0.462 e. The number of hydrogen-bond donors (Lipinski definition) is 0. The fraction of sp³-hybridized carbons (Fsp3) is 0.308. The van der Waals surface area contributed by atoms with Gasteiger partial charge >= 0.3 is 12.0 Å². The molecule has 2 atom stereocenters.